The molecule has 0 radical (unpaired) electrons. The Balaban J connectivity index is 1.57. The highest BCUT2D eigenvalue weighted by Crippen LogP contribution is 2.33. The molecule has 9 heteroatoms. The van der Waals surface area contributed by atoms with Crippen molar-refractivity contribution in [1.82, 2.24) is 5.32 Å². The van der Waals surface area contributed by atoms with E-state index in [4.69, 9.17) is 18.9 Å². The molecule has 1 aliphatic rings. The summed E-state index contributed by atoms with van der Waals surface area (Å²) in [4.78, 5) is 22.5. The van der Waals surface area contributed by atoms with Gasteiger partial charge >= 0.3 is 5.69 Å². The van der Waals surface area contributed by atoms with Crippen LogP contribution in [0.25, 0.3) is 0 Å². The third kappa shape index (κ3) is 4.43. The molecule has 1 heterocycles. The molecule has 1 N–H and O–H groups in total. The van der Waals surface area contributed by atoms with E-state index in [1.165, 1.54) is 25.3 Å². The number of nitrogens with one attached hydrogen (secondary N) is 1. The monoisotopic (exact) mass is 388 g/mol. The summed E-state index contributed by atoms with van der Waals surface area (Å²) < 4.78 is 21.4. The number of amides is 1. The number of nitro benzene ring substituents is 1. The molecule has 9 nitrogen and oxygen atoms in total. The van der Waals surface area contributed by atoms with Crippen molar-refractivity contribution < 1.29 is 28.7 Å². The third-order valence-electron chi connectivity index (χ3n) is 4.16. The predicted molar refractivity (Wildman–Crippen MR) is 99.1 cm³/mol. The van der Waals surface area contributed by atoms with Crippen LogP contribution in [0.1, 0.15) is 18.5 Å². The average molecular weight is 388 g/mol. The molecule has 0 unspecified atom stereocenters. The van der Waals surface area contributed by atoms with E-state index < -0.39 is 4.92 Å². The summed E-state index contributed by atoms with van der Waals surface area (Å²) in [6.45, 7) is 2.61. The van der Waals surface area contributed by atoms with Crippen LogP contribution in [0.3, 0.4) is 0 Å². The van der Waals surface area contributed by atoms with Crippen molar-refractivity contribution in [3.05, 3.63) is 52.1 Å². The van der Waals surface area contributed by atoms with Crippen LogP contribution in [0.4, 0.5) is 5.69 Å². The van der Waals surface area contributed by atoms with Gasteiger partial charge in [-0.3, -0.25) is 14.9 Å². The van der Waals surface area contributed by atoms with E-state index in [1.807, 2.05) is 25.1 Å². The second-order valence-corrected chi connectivity index (χ2v) is 6.07. The van der Waals surface area contributed by atoms with Gasteiger partial charge in [-0.05, 0) is 30.7 Å². The molecule has 1 amide bonds. The zero-order chi connectivity index (χ0) is 20.1. The summed E-state index contributed by atoms with van der Waals surface area (Å²) in [5.41, 5.74) is 0.695. The van der Waals surface area contributed by atoms with Crippen LogP contribution in [0.2, 0.25) is 0 Å². The number of benzene rings is 2. The number of nitrogens with zero attached hydrogens (tertiary/aromatic N) is 1. The molecular weight excluding hydrogens is 368 g/mol. The molecule has 0 saturated carbocycles. The van der Waals surface area contributed by atoms with E-state index in [9.17, 15) is 14.9 Å². The quantitative estimate of drug-likeness (QED) is 0.573. The van der Waals surface area contributed by atoms with Crippen LogP contribution < -0.4 is 24.3 Å². The standard InChI is InChI=1S/C19H20N2O7/c1-12(13-3-6-16-18(9-13)27-8-7-26-16)20-19(22)11-28-14-4-5-15(21(23)24)17(10-14)25-2/h3-6,9-10,12H,7-8,11H2,1-2H3,(H,20,22)/t12-/m1/s1. The minimum atomic E-state index is -0.551. The maximum atomic E-state index is 12.2. The number of methoxy groups -OCH3 is 1. The fourth-order valence-corrected chi connectivity index (χ4v) is 2.74. The highest BCUT2D eigenvalue weighted by atomic mass is 16.6. The van der Waals surface area contributed by atoms with Gasteiger partial charge in [0.1, 0.15) is 19.0 Å². The van der Waals surface area contributed by atoms with E-state index in [0.29, 0.717) is 30.5 Å². The molecule has 0 bridgehead atoms. The van der Waals surface area contributed by atoms with Crippen LogP contribution in [0.5, 0.6) is 23.0 Å². The molecule has 2 aromatic rings. The fourth-order valence-electron chi connectivity index (χ4n) is 2.74. The number of carbonyl (C=O) groups is 1. The second-order valence-electron chi connectivity index (χ2n) is 6.07. The molecule has 1 atom stereocenters. The lowest BCUT2D eigenvalue weighted by Crippen LogP contribution is -2.31. The topological polar surface area (TPSA) is 109 Å². The van der Waals surface area contributed by atoms with Gasteiger partial charge in [-0.1, -0.05) is 6.07 Å². The Morgan fingerprint density at radius 3 is 2.68 bits per heavy atom. The number of ether oxygens (including phenoxy) is 4. The van der Waals surface area contributed by atoms with Crippen LogP contribution in [0.15, 0.2) is 36.4 Å². The molecule has 0 aliphatic carbocycles. The highest BCUT2D eigenvalue weighted by molar-refractivity contribution is 5.78. The van der Waals surface area contributed by atoms with Gasteiger partial charge in [0.15, 0.2) is 18.1 Å². The van der Waals surface area contributed by atoms with Gasteiger partial charge in [0, 0.05) is 12.1 Å². The lowest BCUT2D eigenvalue weighted by atomic mass is 10.1. The summed E-state index contributed by atoms with van der Waals surface area (Å²) >= 11 is 0. The van der Waals surface area contributed by atoms with E-state index in [1.54, 1.807) is 0 Å². The van der Waals surface area contributed by atoms with Crippen molar-refractivity contribution in [1.29, 1.82) is 0 Å². The van der Waals surface area contributed by atoms with Gasteiger partial charge in [-0.2, -0.15) is 0 Å². The van der Waals surface area contributed by atoms with Crippen LogP contribution in [-0.2, 0) is 4.79 Å². The molecule has 1 aliphatic heterocycles. The Labute approximate surface area is 161 Å². The van der Waals surface area contributed by atoms with Gasteiger partial charge in [-0.15, -0.1) is 0 Å². The van der Waals surface area contributed by atoms with Gasteiger partial charge in [0.2, 0.25) is 5.75 Å². The Bertz CT molecular complexity index is 885. The first-order valence-electron chi connectivity index (χ1n) is 8.62. The Morgan fingerprint density at radius 1 is 1.21 bits per heavy atom. The largest absolute Gasteiger partial charge is 0.490 e. The number of rotatable bonds is 7. The van der Waals surface area contributed by atoms with E-state index in [-0.39, 0.29) is 30.0 Å². The first kappa shape index (κ1) is 19.3. The normalized spacial score (nSPS) is 13.4. The summed E-state index contributed by atoms with van der Waals surface area (Å²) in [6.07, 6.45) is 0. The number of nitro groups is 1. The summed E-state index contributed by atoms with van der Waals surface area (Å²) in [5, 5.41) is 13.7. The summed E-state index contributed by atoms with van der Waals surface area (Å²) in [5.74, 6) is 1.36. The Hall–Kier alpha value is -3.49. The molecule has 2 aromatic carbocycles. The zero-order valence-electron chi connectivity index (χ0n) is 15.5. The van der Waals surface area contributed by atoms with E-state index >= 15 is 0 Å². The maximum absolute atomic E-state index is 12.2. The summed E-state index contributed by atoms with van der Waals surface area (Å²) in [7, 11) is 1.33. The Kier molecular flexibility index (Phi) is 5.83. The lowest BCUT2D eigenvalue weighted by Gasteiger charge is -2.21. The molecule has 0 fully saturated rings. The first-order chi connectivity index (χ1) is 13.5. The molecule has 0 spiro atoms. The number of hydrogen-bond donors (Lipinski definition) is 1. The zero-order valence-corrected chi connectivity index (χ0v) is 15.5. The molecule has 0 saturated heterocycles. The number of hydrogen-bond acceptors (Lipinski definition) is 7. The number of carbonyl (C=O) groups excluding carboxylic acids is 1. The van der Waals surface area contributed by atoms with E-state index in [0.717, 1.165) is 5.56 Å². The van der Waals surface area contributed by atoms with E-state index in [2.05, 4.69) is 5.32 Å². The minimum absolute atomic E-state index is 0.0626. The van der Waals surface area contributed by atoms with Crippen molar-refractivity contribution in [2.45, 2.75) is 13.0 Å². The average Bonchev–Trinajstić information content (AvgIpc) is 2.71. The smallest absolute Gasteiger partial charge is 0.311 e. The lowest BCUT2D eigenvalue weighted by molar-refractivity contribution is -0.385. The van der Waals surface area contributed by atoms with Crippen molar-refractivity contribution in [2.75, 3.05) is 26.9 Å². The maximum Gasteiger partial charge on any atom is 0.311 e. The van der Waals surface area contributed by atoms with Crippen molar-refractivity contribution in [2.24, 2.45) is 0 Å². The SMILES string of the molecule is COc1cc(OCC(=O)N[C@H](C)c2ccc3c(c2)OCCO3)ccc1[N+](=O)[O-]. The third-order valence-corrected chi connectivity index (χ3v) is 4.16. The van der Waals surface area contributed by atoms with Crippen molar-refractivity contribution in [3.63, 3.8) is 0 Å². The fraction of sp³-hybridized carbons (Fsp3) is 0.316. The van der Waals surface area contributed by atoms with Gasteiger partial charge < -0.3 is 24.3 Å². The first-order valence-corrected chi connectivity index (χ1v) is 8.62. The van der Waals surface area contributed by atoms with Crippen LogP contribution in [-0.4, -0.2) is 37.8 Å². The molecular formula is C19H20N2O7. The van der Waals surface area contributed by atoms with Crippen molar-refractivity contribution >= 4 is 11.6 Å². The molecule has 28 heavy (non-hydrogen) atoms. The second kappa shape index (κ2) is 8.47. The number of fused-ring (bicyclic) bond motifs is 1. The summed E-state index contributed by atoms with van der Waals surface area (Å²) in [6, 6.07) is 9.30. The van der Waals surface area contributed by atoms with Gasteiger partial charge in [0.05, 0.1) is 18.1 Å². The molecule has 148 valence electrons. The van der Waals surface area contributed by atoms with Crippen LogP contribution in [0, 0.1) is 10.1 Å². The highest BCUT2D eigenvalue weighted by Gasteiger charge is 2.18. The van der Waals surface area contributed by atoms with Crippen molar-refractivity contribution in [3.8, 4) is 23.0 Å². The minimum Gasteiger partial charge on any atom is -0.490 e. The van der Waals surface area contributed by atoms with Crippen LogP contribution >= 0.6 is 0 Å². The predicted octanol–water partition coefficient (Wildman–Crippen LogP) is 2.63. The van der Waals surface area contributed by atoms with Gasteiger partial charge in [-0.25, -0.2) is 0 Å². The molecule has 3 rings (SSSR count). The van der Waals surface area contributed by atoms with Gasteiger partial charge in [0.25, 0.3) is 5.91 Å². The molecule has 0 aromatic heterocycles. The Morgan fingerprint density at radius 2 is 1.96 bits per heavy atom.